The van der Waals surface area contributed by atoms with E-state index in [1.807, 2.05) is 10.8 Å². The topological polar surface area (TPSA) is 126 Å². The largest absolute Gasteiger partial charge is 0.496 e. The van der Waals surface area contributed by atoms with E-state index >= 15 is 0 Å². The highest BCUT2D eigenvalue weighted by atomic mass is 32.2. The number of nitrogens with one attached hydrogen (secondary N) is 3. The van der Waals surface area contributed by atoms with E-state index in [0.717, 1.165) is 35.3 Å². The van der Waals surface area contributed by atoms with E-state index in [0.29, 0.717) is 23.4 Å². The summed E-state index contributed by atoms with van der Waals surface area (Å²) < 4.78 is 52.8. The van der Waals surface area contributed by atoms with Crippen molar-refractivity contribution in [2.45, 2.75) is 6.42 Å². The molecule has 1 fully saturated rings. The predicted molar refractivity (Wildman–Crippen MR) is 132 cm³/mol. The number of carbonyl (C=O) groups is 1. The van der Waals surface area contributed by atoms with Crippen molar-refractivity contribution < 1.29 is 27.1 Å². The van der Waals surface area contributed by atoms with E-state index < -0.39 is 16.3 Å². The number of hydrogen-bond acceptors (Lipinski definition) is 7. The number of ether oxygens (including phenoxy) is 2. The van der Waals surface area contributed by atoms with Crippen LogP contribution in [-0.4, -0.2) is 68.7 Å². The smallest absolute Gasteiger partial charge is 0.421 e. The second kappa shape index (κ2) is 9.88. The van der Waals surface area contributed by atoms with Gasteiger partial charge >= 0.3 is 16.3 Å². The Morgan fingerprint density at radius 1 is 1.25 bits per heavy atom. The molecule has 12 heteroatoms. The fraction of sp³-hybridized carbons (Fsp3) is 0.333. The summed E-state index contributed by atoms with van der Waals surface area (Å²) in [5.74, 6) is 0.382. The molecule has 0 radical (unpaired) electrons. The average molecular weight is 516 g/mol. The van der Waals surface area contributed by atoms with E-state index in [1.165, 1.54) is 23.5 Å². The summed E-state index contributed by atoms with van der Waals surface area (Å²) in [5.41, 5.74) is 3.70. The molecule has 0 aliphatic carbocycles. The molecule has 1 saturated heterocycles. The number of hydrogen-bond donors (Lipinski definition) is 3. The van der Waals surface area contributed by atoms with Crippen molar-refractivity contribution in [1.29, 1.82) is 0 Å². The molecule has 4 heterocycles. The Bertz CT molecular complexity index is 1430. The van der Waals surface area contributed by atoms with Crippen molar-refractivity contribution in [2.24, 2.45) is 5.92 Å². The molecule has 3 N–H and O–H groups in total. The van der Waals surface area contributed by atoms with E-state index in [9.17, 15) is 17.6 Å². The number of amides is 1. The number of methoxy groups -OCH3 is 1. The molecular weight excluding hydrogens is 489 g/mol. The number of halogens is 1. The van der Waals surface area contributed by atoms with Crippen molar-refractivity contribution in [3.8, 4) is 16.9 Å². The van der Waals surface area contributed by atoms with Gasteiger partial charge in [0, 0.05) is 54.9 Å². The Morgan fingerprint density at radius 2 is 2.08 bits per heavy atom. The lowest BCUT2D eigenvalue weighted by Crippen LogP contribution is -2.48. The second-order valence-electron chi connectivity index (χ2n) is 8.72. The molecular formula is C24H26FN5O5S. The van der Waals surface area contributed by atoms with Crippen LogP contribution in [0.5, 0.6) is 5.75 Å². The number of aromatic amines is 1. The Morgan fingerprint density at radius 3 is 2.78 bits per heavy atom. The molecule has 0 bridgehead atoms. The van der Waals surface area contributed by atoms with Gasteiger partial charge in [0.1, 0.15) is 17.2 Å². The lowest BCUT2D eigenvalue weighted by Gasteiger charge is -2.27. The fourth-order valence-electron chi connectivity index (χ4n) is 4.30. The standard InChI is InChI=1S/C24H26FN5O5S/c1-34-22-3-2-17(25)10-19(22)18-4-7-27-23-20(18)11-21(28-23)16-5-8-30(9-6-16)36(32,33)29-24(31)35-14-15-12-26-13-15/h2-5,7,10-11,15,26H,6,8-9,12-14H2,1H3,(H,27,28)(H,29,31). The minimum absolute atomic E-state index is 0.0951. The van der Waals surface area contributed by atoms with Crippen molar-refractivity contribution >= 4 is 32.9 Å². The van der Waals surface area contributed by atoms with Gasteiger partial charge in [-0.25, -0.2) is 18.9 Å². The van der Waals surface area contributed by atoms with Gasteiger partial charge in [-0.15, -0.1) is 0 Å². The molecule has 0 unspecified atom stereocenters. The number of benzene rings is 1. The fourth-order valence-corrected chi connectivity index (χ4v) is 5.30. The minimum atomic E-state index is -4.03. The van der Waals surface area contributed by atoms with Gasteiger partial charge in [0.2, 0.25) is 0 Å². The molecule has 2 aliphatic heterocycles. The summed E-state index contributed by atoms with van der Waals surface area (Å²) >= 11 is 0. The first-order chi connectivity index (χ1) is 17.3. The van der Waals surface area contributed by atoms with Crippen LogP contribution in [0, 0.1) is 11.7 Å². The van der Waals surface area contributed by atoms with Gasteiger partial charge in [0.05, 0.1) is 13.7 Å². The third-order valence-corrected chi connectivity index (χ3v) is 7.81. The number of nitrogens with zero attached hydrogens (tertiary/aromatic N) is 2. The third-order valence-electron chi connectivity index (χ3n) is 6.37. The van der Waals surface area contributed by atoms with Crippen LogP contribution in [0.25, 0.3) is 27.7 Å². The van der Waals surface area contributed by atoms with Crippen LogP contribution in [0.4, 0.5) is 9.18 Å². The summed E-state index contributed by atoms with van der Waals surface area (Å²) in [7, 11) is -2.49. The summed E-state index contributed by atoms with van der Waals surface area (Å²) in [6.07, 6.45) is 2.88. The number of carbonyl (C=O) groups excluding carboxylic acids is 1. The number of rotatable bonds is 7. The average Bonchev–Trinajstić information content (AvgIpc) is 3.27. The van der Waals surface area contributed by atoms with E-state index in [2.05, 4.69) is 15.3 Å². The summed E-state index contributed by atoms with van der Waals surface area (Å²) in [6.45, 7) is 1.96. The van der Waals surface area contributed by atoms with E-state index in [1.54, 1.807) is 24.4 Å². The van der Waals surface area contributed by atoms with Crippen LogP contribution in [0.2, 0.25) is 0 Å². The molecule has 0 spiro atoms. The molecule has 36 heavy (non-hydrogen) atoms. The summed E-state index contributed by atoms with van der Waals surface area (Å²) in [6, 6.07) is 8.06. The molecule has 2 aliphatic rings. The zero-order valence-electron chi connectivity index (χ0n) is 19.6. The van der Waals surface area contributed by atoms with Crippen LogP contribution in [-0.2, 0) is 14.9 Å². The summed E-state index contributed by atoms with van der Waals surface area (Å²) in [4.78, 5) is 19.6. The monoisotopic (exact) mass is 515 g/mol. The number of pyridine rings is 1. The predicted octanol–water partition coefficient (Wildman–Crippen LogP) is 2.66. The molecule has 2 aromatic heterocycles. The third kappa shape index (κ3) is 4.92. The van der Waals surface area contributed by atoms with Crippen LogP contribution in [0.1, 0.15) is 12.1 Å². The number of aromatic nitrogens is 2. The molecule has 1 aromatic carbocycles. The zero-order chi connectivity index (χ0) is 25.3. The van der Waals surface area contributed by atoms with Gasteiger partial charge in [-0.2, -0.15) is 12.7 Å². The van der Waals surface area contributed by atoms with E-state index in [-0.39, 0.29) is 31.4 Å². The van der Waals surface area contributed by atoms with Crippen LogP contribution in [0.3, 0.4) is 0 Å². The van der Waals surface area contributed by atoms with E-state index in [4.69, 9.17) is 9.47 Å². The van der Waals surface area contributed by atoms with Gasteiger partial charge < -0.3 is 19.8 Å². The Balaban J connectivity index is 1.32. The Labute approximate surface area is 207 Å². The Hall–Kier alpha value is -3.48. The maximum atomic E-state index is 14.0. The first kappa shape index (κ1) is 24.2. The normalized spacial score (nSPS) is 16.9. The molecule has 0 atom stereocenters. The number of fused-ring (bicyclic) bond motifs is 1. The van der Waals surface area contributed by atoms with Crippen LogP contribution < -0.4 is 14.8 Å². The van der Waals surface area contributed by atoms with Crippen molar-refractivity contribution in [3.63, 3.8) is 0 Å². The molecule has 190 valence electrons. The first-order valence-electron chi connectivity index (χ1n) is 11.5. The minimum Gasteiger partial charge on any atom is -0.496 e. The van der Waals surface area contributed by atoms with Gasteiger partial charge in [-0.05, 0) is 47.9 Å². The molecule has 1 amide bonds. The highest BCUT2D eigenvalue weighted by Gasteiger charge is 2.28. The first-order valence-corrected chi connectivity index (χ1v) is 12.9. The lowest BCUT2D eigenvalue weighted by molar-refractivity contribution is 0.116. The Kier molecular flexibility index (Phi) is 6.65. The van der Waals surface area contributed by atoms with Crippen molar-refractivity contribution in [3.05, 3.63) is 54.1 Å². The van der Waals surface area contributed by atoms with Crippen LogP contribution >= 0.6 is 0 Å². The van der Waals surface area contributed by atoms with Gasteiger partial charge in [0.25, 0.3) is 0 Å². The van der Waals surface area contributed by atoms with Gasteiger partial charge in [-0.1, -0.05) is 6.08 Å². The maximum absolute atomic E-state index is 14.0. The molecule has 3 aromatic rings. The molecule has 10 nitrogen and oxygen atoms in total. The maximum Gasteiger partial charge on any atom is 0.421 e. The quantitative estimate of drug-likeness (QED) is 0.442. The summed E-state index contributed by atoms with van der Waals surface area (Å²) in [5, 5.41) is 3.85. The number of H-pyrrole nitrogens is 1. The van der Waals surface area contributed by atoms with Crippen molar-refractivity contribution in [2.75, 3.05) is 39.9 Å². The van der Waals surface area contributed by atoms with Crippen LogP contribution in [0.15, 0.2) is 42.6 Å². The second-order valence-corrected chi connectivity index (χ2v) is 10.4. The lowest BCUT2D eigenvalue weighted by atomic mass is 10.0. The van der Waals surface area contributed by atoms with Gasteiger partial charge in [0.15, 0.2) is 0 Å². The highest BCUT2D eigenvalue weighted by molar-refractivity contribution is 7.87. The SMILES string of the molecule is COc1ccc(F)cc1-c1ccnc2[nH]c(C3=CCN(S(=O)(=O)NC(=O)OCC4CNC4)CC3)cc12. The highest BCUT2D eigenvalue weighted by Crippen LogP contribution is 2.36. The van der Waals surface area contributed by atoms with Crippen molar-refractivity contribution in [1.82, 2.24) is 24.3 Å². The zero-order valence-corrected chi connectivity index (χ0v) is 20.4. The molecule has 5 rings (SSSR count). The molecule has 0 saturated carbocycles. The van der Waals surface area contributed by atoms with Gasteiger partial charge in [-0.3, -0.25) is 0 Å².